The van der Waals surface area contributed by atoms with E-state index in [4.69, 9.17) is 34.2 Å². The molecule has 0 radical (unpaired) electrons. The molecule has 2 aliphatic heterocycles. The average molecular weight is 991 g/mol. The highest BCUT2D eigenvalue weighted by Gasteiger charge is 2.34. The number of ether oxygens (including phenoxy) is 6. The Bertz CT molecular complexity index is 1880. The van der Waals surface area contributed by atoms with Crippen LogP contribution in [-0.4, -0.2) is 73.2 Å². The van der Waals surface area contributed by atoms with Gasteiger partial charge >= 0.3 is 5.79 Å². The lowest BCUT2D eigenvalue weighted by Crippen LogP contribution is -2.35. The van der Waals surface area contributed by atoms with Gasteiger partial charge in [0, 0.05) is 76.7 Å². The number of rotatable bonds is 28. The number of hydrogen-bond acceptors (Lipinski definition) is 10. The van der Waals surface area contributed by atoms with Gasteiger partial charge in [0.2, 0.25) is 5.79 Å². The van der Waals surface area contributed by atoms with Gasteiger partial charge in [-0.15, -0.1) is 0 Å². The summed E-state index contributed by atoms with van der Waals surface area (Å²) in [6, 6.07) is 32.7. The van der Waals surface area contributed by atoms with Gasteiger partial charge in [0.05, 0.1) is 25.4 Å². The Hall–Kier alpha value is -3.49. The fourth-order valence-corrected chi connectivity index (χ4v) is 7.99. The van der Waals surface area contributed by atoms with E-state index in [1.54, 1.807) is 13.0 Å². The van der Waals surface area contributed by atoms with Crippen molar-refractivity contribution in [2.75, 3.05) is 51.4 Å². The lowest BCUT2D eigenvalue weighted by molar-refractivity contribution is -0.180. The monoisotopic (exact) mass is 990 g/mol. The maximum absolute atomic E-state index is 10.5. The van der Waals surface area contributed by atoms with Crippen molar-refractivity contribution in [3.63, 3.8) is 0 Å². The number of halogens is 1. The van der Waals surface area contributed by atoms with Crippen LogP contribution in [0.3, 0.4) is 0 Å². The van der Waals surface area contributed by atoms with Crippen molar-refractivity contribution in [1.82, 2.24) is 5.32 Å². The number of aliphatic hydroxyl groups excluding tert-OH is 2. The average Bonchev–Trinajstić information content (AvgIpc) is 3.33. The third-order valence-electron chi connectivity index (χ3n) is 11.5. The van der Waals surface area contributed by atoms with Crippen LogP contribution in [0.2, 0.25) is 0 Å². The first-order chi connectivity index (χ1) is 32.5. The number of benzene rings is 4. The Labute approximate surface area is 411 Å². The number of hydrogen-bond donors (Lipinski definition) is 4. The topological polar surface area (TPSA) is 134 Å². The van der Waals surface area contributed by atoms with Gasteiger partial charge in [-0.1, -0.05) is 114 Å². The predicted octanol–water partition coefficient (Wildman–Crippen LogP) is 11.7. The molecule has 11 heteroatoms. The number of unbranched alkanes of at least 4 members (excludes halogenated alkanes) is 8. The maximum Gasteiger partial charge on any atom is 0.352 e. The quantitative estimate of drug-likeness (QED) is 0.0248. The van der Waals surface area contributed by atoms with Crippen LogP contribution in [0.25, 0.3) is 0 Å². The summed E-state index contributed by atoms with van der Waals surface area (Å²) in [5, 5.41) is 24.6. The van der Waals surface area contributed by atoms with E-state index in [0.717, 1.165) is 97.7 Å². The van der Waals surface area contributed by atoms with Crippen LogP contribution >= 0.6 is 15.9 Å². The van der Waals surface area contributed by atoms with Crippen molar-refractivity contribution in [2.45, 2.75) is 148 Å². The minimum absolute atomic E-state index is 0.202. The molecule has 0 bridgehead atoms. The molecule has 2 heterocycles. The van der Waals surface area contributed by atoms with Crippen molar-refractivity contribution >= 4 is 15.9 Å². The zero-order chi connectivity index (χ0) is 48.0. The summed E-state index contributed by atoms with van der Waals surface area (Å²) in [6.45, 7) is 15.6. The van der Waals surface area contributed by atoms with Crippen LogP contribution < -0.4 is 20.5 Å². The molecule has 5 N–H and O–H groups in total. The smallest absolute Gasteiger partial charge is 0.352 e. The molecule has 370 valence electrons. The van der Waals surface area contributed by atoms with Gasteiger partial charge in [-0.25, -0.2) is 0 Å². The van der Waals surface area contributed by atoms with Gasteiger partial charge in [0.15, 0.2) is 0 Å². The molecule has 0 saturated carbocycles. The fourth-order valence-electron chi connectivity index (χ4n) is 7.59. The molecule has 0 aromatic heterocycles. The molecule has 2 aliphatic rings. The SMILES string of the molecule is BrCCCCCCOCCCCc1ccccc1.CC1(C)OCc2cc(C(O)CNCCCCCCOCCCCc3ccccc3)ccc2O1.[CH2+]C1(C)OCc2cc(C(O)CN)ccc2O1. The first-order valence-corrected chi connectivity index (χ1v) is 25.9. The second kappa shape index (κ2) is 32.3. The molecule has 0 spiro atoms. The summed E-state index contributed by atoms with van der Waals surface area (Å²) in [5.41, 5.74) is 11.8. The van der Waals surface area contributed by atoms with E-state index in [2.05, 4.69) is 88.8 Å². The van der Waals surface area contributed by atoms with Crippen LogP contribution in [0.1, 0.15) is 143 Å². The van der Waals surface area contributed by atoms with E-state index in [-0.39, 0.29) is 6.54 Å². The first kappa shape index (κ1) is 56.1. The lowest BCUT2D eigenvalue weighted by atomic mass is 10.0. The third kappa shape index (κ3) is 23.6. The van der Waals surface area contributed by atoms with Gasteiger partial charge in [-0.05, 0) is 117 Å². The molecule has 4 aromatic rings. The third-order valence-corrected chi connectivity index (χ3v) is 12.1. The highest BCUT2D eigenvalue weighted by molar-refractivity contribution is 9.09. The summed E-state index contributed by atoms with van der Waals surface area (Å²) >= 11 is 3.45. The summed E-state index contributed by atoms with van der Waals surface area (Å²) < 4.78 is 33.9. The van der Waals surface area contributed by atoms with Crippen LogP contribution in [0.5, 0.6) is 11.5 Å². The molecule has 4 aromatic carbocycles. The summed E-state index contributed by atoms with van der Waals surface area (Å²) in [7, 11) is 0. The van der Waals surface area contributed by atoms with Crippen molar-refractivity contribution in [3.8, 4) is 11.5 Å². The molecule has 6 rings (SSSR count). The van der Waals surface area contributed by atoms with Gasteiger partial charge in [-0.2, -0.15) is 0 Å². The molecule has 0 amide bonds. The minimum atomic E-state index is -0.832. The largest absolute Gasteiger partial charge is 0.463 e. The zero-order valence-corrected chi connectivity index (χ0v) is 42.5. The van der Waals surface area contributed by atoms with Crippen LogP contribution in [0.4, 0.5) is 0 Å². The van der Waals surface area contributed by atoms with E-state index >= 15 is 0 Å². The minimum Gasteiger partial charge on any atom is -0.463 e. The van der Waals surface area contributed by atoms with Crippen molar-refractivity contribution < 1.29 is 38.6 Å². The van der Waals surface area contributed by atoms with E-state index in [1.165, 1.54) is 75.3 Å². The fraction of sp³-hybridized carbons (Fsp3) is 0.554. The van der Waals surface area contributed by atoms with E-state index in [9.17, 15) is 10.2 Å². The van der Waals surface area contributed by atoms with Crippen molar-refractivity contribution in [3.05, 3.63) is 137 Å². The number of nitrogens with two attached hydrogens (primary N) is 1. The number of aliphatic hydroxyl groups is 2. The Balaban J connectivity index is 0.000000242. The Morgan fingerprint density at radius 3 is 1.63 bits per heavy atom. The number of alkyl halides is 1. The predicted molar refractivity (Wildman–Crippen MR) is 275 cm³/mol. The molecule has 3 unspecified atom stereocenters. The van der Waals surface area contributed by atoms with E-state index < -0.39 is 23.8 Å². The van der Waals surface area contributed by atoms with Gasteiger partial charge in [0.25, 0.3) is 0 Å². The van der Waals surface area contributed by atoms with Gasteiger partial charge in [-0.3, -0.25) is 4.74 Å². The van der Waals surface area contributed by atoms with Crippen LogP contribution in [0.15, 0.2) is 97.1 Å². The van der Waals surface area contributed by atoms with Crippen molar-refractivity contribution in [1.29, 1.82) is 0 Å². The van der Waals surface area contributed by atoms with Crippen molar-refractivity contribution in [2.24, 2.45) is 5.73 Å². The van der Waals surface area contributed by atoms with E-state index in [1.807, 2.05) is 44.2 Å². The zero-order valence-electron chi connectivity index (χ0n) is 40.9. The number of aryl methyl sites for hydroxylation is 2. The van der Waals surface area contributed by atoms with Crippen LogP contribution in [-0.2, 0) is 45.0 Å². The molecule has 0 aliphatic carbocycles. The number of fused-ring (bicyclic) bond motifs is 2. The molecular weight excluding hydrogens is 909 g/mol. The molecular formula is C56H82BrN2O8+. The van der Waals surface area contributed by atoms with E-state index in [0.29, 0.717) is 19.8 Å². The van der Waals surface area contributed by atoms with Gasteiger partial charge < -0.3 is 44.9 Å². The van der Waals surface area contributed by atoms with Gasteiger partial charge in [0.1, 0.15) is 18.4 Å². The Kier molecular flexibility index (Phi) is 27.1. The summed E-state index contributed by atoms with van der Waals surface area (Å²) in [4.78, 5) is 0. The second-order valence-corrected chi connectivity index (χ2v) is 18.9. The summed E-state index contributed by atoms with van der Waals surface area (Å²) in [6.07, 6.45) is 15.6. The Morgan fingerprint density at radius 1 is 0.612 bits per heavy atom. The molecule has 67 heavy (non-hydrogen) atoms. The Morgan fingerprint density at radius 2 is 1.09 bits per heavy atom. The molecule has 10 nitrogen and oxygen atoms in total. The lowest BCUT2D eigenvalue weighted by Gasteiger charge is -2.33. The first-order valence-electron chi connectivity index (χ1n) is 24.8. The second-order valence-electron chi connectivity index (χ2n) is 18.1. The molecule has 3 atom stereocenters. The molecule has 0 fully saturated rings. The normalized spacial score (nSPS) is 16.7. The number of nitrogens with one attached hydrogen (secondary N) is 1. The molecule has 0 saturated heterocycles. The van der Waals surface area contributed by atoms with Crippen LogP contribution in [0, 0.1) is 6.92 Å². The maximum atomic E-state index is 10.5. The standard InChI is InChI=1S/C28H41NO4.C16H25BrO.C12H16NO3/c1-28(2)32-22-25-20-24(15-16-27(25)33-28)26(30)21-29-17-9-3-4-10-18-31-19-11-8-14-23-12-6-5-7-13-23;17-13-7-1-2-8-14-18-15-9-6-12-16-10-4-3-5-11-16;1-12(2)15-7-9-5-8(10(14)6-13)3-4-11(9)16-12/h5-7,12-13,15-16,20,26,29-30H,3-4,8-11,14,17-19,21-22H2,1-2H3;3-5,10-11H,1-2,6-9,12-15H2;3-5,10,14H,1,6-7,13H2,2H3/q;;+1. The highest BCUT2D eigenvalue weighted by atomic mass is 79.9. The summed E-state index contributed by atoms with van der Waals surface area (Å²) in [5.74, 6) is 0.160. The highest BCUT2D eigenvalue weighted by Crippen LogP contribution is 2.34.